The lowest BCUT2D eigenvalue weighted by Crippen LogP contribution is -2.62. The van der Waals surface area contributed by atoms with E-state index in [2.05, 4.69) is 0 Å². The van der Waals surface area contributed by atoms with Gasteiger partial charge in [-0.3, -0.25) is 9.59 Å². The van der Waals surface area contributed by atoms with Crippen LogP contribution in [0.3, 0.4) is 0 Å². The van der Waals surface area contributed by atoms with E-state index in [9.17, 15) is 19.2 Å². The third-order valence-electron chi connectivity index (χ3n) is 5.81. The highest BCUT2D eigenvalue weighted by Gasteiger charge is 2.61. The van der Waals surface area contributed by atoms with Crippen molar-refractivity contribution in [2.45, 2.75) is 58.5 Å². The highest BCUT2D eigenvalue weighted by atomic mass is 16.6. The second-order valence-corrected chi connectivity index (χ2v) is 7.58. The molecule has 3 heterocycles. The molecule has 8 nitrogen and oxygen atoms in total. The summed E-state index contributed by atoms with van der Waals surface area (Å²) in [7, 11) is 0. The van der Waals surface area contributed by atoms with Gasteiger partial charge < -0.3 is 18.9 Å². The molecule has 0 N–H and O–H groups in total. The summed E-state index contributed by atoms with van der Waals surface area (Å²) in [5.41, 5.74) is -1.12. The lowest BCUT2D eigenvalue weighted by atomic mass is 9.76. The molecule has 0 spiro atoms. The number of hydrogen-bond acceptors (Lipinski definition) is 8. The average Bonchev–Trinajstić information content (AvgIpc) is 2.96. The predicted molar refractivity (Wildman–Crippen MR) is 94.8 cm³/mol. The van der Waals surface area contributed by atoms with Crippen LogP contribution in [0.2, 0.25) is 0 Å². The first-order valence-electron chi connectivity index (χ1n) is 9.19. The zero-order valence-corrected chi connectivity index (χ0v) is 16.5. The van der Waals surface area contributed by atoms with E-state index in [1.807, 2.05) is 0 Å². The maximum Gasteiger partial charge on any atom is 0.334 e. The van der Waals surface area contributed by atoms with E-state index < -0.39 is 59.4 Å². The van der Waals surface area contributed by atoms with Gasteiger partial charge in [-0.2, -0.15) is 0 Å². The van der Waals surface area contributed by atoms with Gasteiger partial charge in [0.15, 0.2) is 11.4 Å². The number of ketones is 1. The number of hydrogen-bond donors (Lipinski definition) is 0. The number of carbonyl (C=O) groups excluding carboxylic acids is 4. The van der Waals surface area contributed by atoms with Gasteiger partial charge in [0, 0.05) is 11.1 Å². The number of allylic oxidation sites excluding steroid dienone is 1. The monoisotopic (exact) mass is 392 g/mol. The molecule has 2 fully saturated rings. The highest BCUT2D eigenvalue weighted by Crippen LogP contribution is 2.44. The third-order valence-corrected chi connectivity index (χ3v) is 5.81. The minimum atomic E-state index is -1.69. The molecule has 0 aliphatic carbocycles. The Kier molecular flexibility index (Phi) is 5.18. The zero-order chi connectivity index (χ0) is 20.8. The average molecular weight is 392 g/mol. The van der Waals surface area contributed by atoms with Gasteiger partial charge in [-0.15, -0.1) is 0 Å². The van der Waals surface area contributed by atoms with Crippen molar-refractivity contribution >= 4 is 23.7 Å². The van der Waals surface area contributed by atoms with E-state index in [-0.39, 0.29) is 12.2 Å². The van der Waals surface area contributed by atoms with Gasteiger partial charge in [-0.25, -0.2) is 9.59 Å². The molecule has 28 heavy (non-hydrogen) atoms. The van der Waals surface area contributed by atoms with E-state index in [1.54, 1.807) is 19.9 Å². The summed E-state index contributed by atoms with van der Waals surface area (Å²) in [5.74, 6) is -3.52. The fourth-order valence-electron chi connectivity index (χ4n) is 3.80. The van der Waals surface area contributed by atoms with Crippen molar-refractivity contribution in [2.24, 2.45) is 11.8 Å². The number of Topliss-reactive ketones (excluding diaryl/α,β-unsaturated/α-hetero) is 1. The quantitative estimate of drug-likeness (QED) is 0.402. The van der Waals surface area contributed by atoms with Crippen LogP contribution in [-0.2, 0) is 38.1 Å². The van der Waals surface area contributed by atoms with Gasteiger partial charge >= 0.3 is 17.9 Å². The fraction of sp³-hybridized carbons (Fsp3) is 0.600. The zero-order valence-electron chi connectivity index (χ0n) is 16.5. The standard InChI is InChI=1S/C20H24O8/c1-6-9(2)17(22)27-15-14-12-8-25-16(15)20(5,11(4)21)28-18(23)10(3)7-13(14)26-19(12)24/h6-7,12-16H,8H2,1-5H3/b9-6-,10-7-/t12-,13-,14+,15+,16+,20+/m1/s1. The Balaban J connectivity index is 2.14. The molecular weight excluding hydrogens is 368 g/mol. The van der Waals surface area contributed by atoms with Gasteiger partial charge in [0.25, 0.3) is 0 Å². The normalized spacial score (nSPS) is 39.5. The smallest absolute Gasteiger partial charge is 0.334 e. The summed E-state index contributed by atoms with van der Waals surface area (Å²) < 4.78 is 22.5. The van der Waals surface area contributed by atoms with E-state index in [0.717, 1.165) is 0 Å². The first-order chi connectivity index (χ1) is 13.1. The van der Waals surface area contributed by atoms with Crippen LogP contribution in [0.1, 0.15) is 34.6 Å². The molecule has 8 heteroatoms. The van der Waals surface area contributed by atoms with Crippen LogP contribution in [-0.4, -0.2) is 54.2 Å². The summed E-state index contributed by atoms with van der Waals surface area (Å²) in [6.07, 6.45) is 0.220. The van der Waals surface area contributed by atoms with Crippen LogP contribution in [0.15, 0.2) is 23.3 Å². The van der Waals surface area contributed by atoms with Gasteiger partial charge in [0.2, 0.25) is 0 Å². The minimum absolute atomic E-state index is 0.0192. The summed E-state index contributed by atoms with van der Waals surface area (Å²) in [6.45, 7) is 7.51. The number of fused-ring (bicyclic) bond motifs is 1. The maximum absolute atomic E-state index is 12.5. The largest absolute Gasteiger partial charge is 0.457 e. The molecule has 2 bridgehead atoms. The van der Waals surface area contributed by atoms with E-state index in [4.69, 9.17) is 18.9 Å². The molecule has 0 amide bonds. The number of cyclic esters (lactones) is 1. The molecule has 3 aliphatic heterocycles. The lowest BCUT2D eigenvalue weighted by molar-refractivity contribution is -0.219. The number of esters is 3. The van der Waals surface area contributed by atoms with Crippen molar-refractivity contribution in [2.75, 3.05) is 6.61 Å². The Bertz CT molecular complexity index is 794. The van der Waals surface area contributed by atoms with E-state index in [1.165, 1.54) is 26.8 Å². The van der Waals surface area contributed by atoms with Crippen molar-refractivity contribution < 1.29 is 38.1 Å². The highest BCUT2D eigenvalue weighted by molar-refractivity contribution is 5.94. The second kappa shape index (κ2) is 7.16. The molecule has 0 aromatic carbocycles. The Morgan fingerprint density at radius 1 is 1.29 bits per heavy atom. The first kappa shape index (κ1) is 20.3. The van der Waals surface area contributed by atoms with Crippen LogP contribution in [0.5, 0.6) is 0 Å². The molecule has 152 valence electrons. The topological polar surface area (TPSA) is 105 Å². The Labute approximate surface area is 162 Å². The van der Waals surface area contributed by atoms with Crippen molar-refractivity contribution in [3.8, 4) is 0 Å². The molecule has 0 saturated carbocycles. The van der Waals surface area contributed by atoms with Gasteiger partial charge in [-0.1, -0.05) is 6.08 Å². The summed E-state index contributed by atoms with van der Waals surface area (Å²) in [5, 5.41) is 0. The van der Waals surface area contributed by atoms with Gasteiger partial charge in [0.05, 0.1) is 18.4 Å². The molecule has 2 saturated heterocycles. The van der Waals surface area contributed by atoms with Crippen LogP contribution in [0.25, 0.3) is 0 Å². The van der Waals surface area contributed by atoms with Crippen molar-refractivity contribution in [1.82, 2.24) is 0 Å². The van der Waals surface area contributed by atoms with Crippen molar-refractivity contribution in [3.05, 3.63) is 23.3 Å². The van der Waals surface area contributed by atoms with E-state index >= 15 is 0 Å². The number of rotatable bonds is 3. The molecule has 0 aromatic rings. The summed E-state index contributed by atoms with van der Waals surface area (Å²) >= 11 is 0. The van der Waals surface area contributed by atoms with Gasteiger partial charge in [0.1, 0.15) is 18.3 Å². The second-order valence-electron chi connectivity index (χ2n) is 7.58. The van der Waals surface area contributed by atoms with Crippen molar-refractivity contribution in [1.29, 1.82) is 0 Å². The van der Waals surface area contributed by atoms with E-state index in [0.29, 0.717) is 5.57 Å². The molecule has 0 unspecified atom stereocenters. The minimum Gasteiger partial charge on any atom is -0.457 e. The van der Waals surface area contributed by atoms with Crippen LogP contribution in [0.4, 0.5) is 0 Å². The van der Waals surface area contributed by atoms with Crippen LogP contribution in [0, 0.1) is 11.8 Å². The molecule has 0 aromatic heterocycles. The third kappa shape index (κ3) is 3.15. The summed E-state index contributed by atoms with van der Waals surface area (Å²) in [6, 6.07) is 0. The SMILES string of the molecule is C/C=C(/C)C(=O)O[C@H]1[C@@H]2[C@H]3/C=C(/C)C(=O)O[C@@](C)(C(C)=O)[C@H]1OC[C@H]2C(=O)O3. The predicted octanol–water partition coefficient (Wildman–Crippen LogP) is 1.27. The Morgan fingerprint density at radius 3 is 2.57 bits per heavy atom. The Morgan fingerprint density at radius 2 is 1.96 bits per heavy atom. The fourth-order valence-corrected chi connectivity index (χ4v) is 3.80. The van der Waals surface area contributed by atoms with Crippen molar-refractivity contribution in [3.63, 3.8) is 0 Å². The van der Waals surface area contributed by atoms with Crippen LogP contribution >= 0.6 is 0 Å². The molecule has 0 radical (unpaired) electrons. The number of ether oxygens (including phenoxy) is 4. The summed E-state index contributed by atoms with van der Waals surface area (Å²) in [4.78, 5) is 49.8. The molecule has 6 atom stereocenters. The first-order valence-corrected chi connectivity index (χ1v) is 9.19. The lowest BCUT2D eigenvalue weighted by Gasteiger charge is -2.44. The Hall–Kier alpha value is -2.48. The molecular formula is C20H24O8. The maximum atomic E-state index is 12.5. The number of carbonyl (C=O) groups is 4. The molecule has 3 aliphatic rings. The van der Waals surface area contributed by atoms with Crippen LogP contribution < -0.4 is 0 Å². The van der Waals surface area contributed by atoms with Gasteiger partial charge in [-0.05, 0) is 40.7 Å². The molecule has 3 rings (SSSR count).